The zero-order chi connectivity index (χ0) is 19.4. The van der Waals surface area contributed by atoms with Crippen molar-refractivity contribution in [3.8, 4) is 5.75 Å². The summed E-state index contributed by atoms with van der Waals surface area (Å²) in [5.41, 5.74) is 2.70. The molecule has 0 aliphatic heterocycles. The van der Waals surface area contributed by atoms with Gasteiger partial charge >= 0.3 is 0 Å². The summed E-state index contributed by atoms with van der Waals surface area (Å²) in [7, 11) is 0. The van der Waals surface area contributed by atoms with Gasteiger partial charge in [0.2, 0.25) is 11.8 Å². The van der Waals surface area contributed by atoms with E-state index in [1.165, 1.54) is 5.56 Å². The Morgan fingerprint density at radius 1 is 0.926 bits per heavy atom. The average Bonchev–Trinajstić information content (AvgIpc) is 3.45. The zero-order valence-electron chi connectivity index (χ0n) is 16.0. The van der Waals surface area contributed by atoms with E-state index in [4.69, 9.17) is 4.74 Å². The van der Waals surface area contributed by atoms with Crippen molar-refractivity contribution in [2.75, 3.05) is 10.6 Å². The highest BCUT2D eigenvalue weighted by Crippen LogP contribution is 2.40. The van der Waals surface area contributed by atoms with Crippen LogP contribution in [0.1, 0.15) is 32.8 Å². The van der Waals surface area contributed by atoms with E-state index >= 15 is 0 Å². The third kappa shape index (κ3) is 5.09. The number of hydrogen-bond donors (Lipinski definition) is 2. The van der Waals surface area contributed by atoms with E-state index in [1.54, 1.807) is 0 Å². The molecule has 0 saturated heterocycles. The molecule has 0 spiro atoms. The van der Waals surface area contributed by atoms with Crippen molar-refractivity contribution in [2.24, 2.45) is 11.8 Å². The van der Waals surface area contributed by atoms with Gasteiger partial charge in [0.05, 0.1) is 17.9 Å². The highest BCUT2D eigenvalue weighted by molar-refractivity contribution is 6.03. The molecule has 5 heteroatoms. The number of aryl methyl sites for hydroxylation is 1. The first-order valence-corrected chi connectivity index (χ1v) is 9.43. The molecule has 0 radical (unpaired) electrons. The SMILES string of the molecule is CCc1ccc(NC(=O)C2CC2C(=O)Nc2ccc(OC(C)C)cc2)cc1. The van der Waals surface area contributed by atoms with Crippen LogP contribution in [0.4, 0.5) is 11.4 Å². The van der Waals surface area contributed by atoms with Gasteiger partial charge < -0.3 is 15.4 Å². The Balaban J connectivity index is 1.49. The Morgan fingerprint density at radius 3 is 1.85 bits per heavy atom. The van der Waals surface area contributed by atoms with E-state index in [9.17, 15) is 9.59 Å². The molecule has 1 saturated carbocycles. The summed E-state index contributed by atoms with van der Waals surface area (Å²) in [5, 5.41) is 5.77. The summed E-state index contributed by atoms with van der Waals surface area (Å²) >= 11 is 0. The Morgan fingerprint density at radius 2 is 1.41 bits per heavy atom. The molecule has 5 nitrogen and oxygen atoms in total. The van der Waals surface area contributed by atoms with Crippen molar-refractivity contribution in [2.45, 2.75) is 39.7 Å². The molecule has 2 aromatic rings. The molecule has 0 bridgehead atoms. The number of carbonyl (C=O) groups is 2. The molecule has 2 atom stereocenters. The fourth-order valence-electron chi connectivity index (χ4n) is 2.96. The topological polar surface area (TPSA) is 67.4 Å². The van der Waals surface area contributed by atoms with Crippen LogP contribution in [0.2, 0.25) is 0 Å². The number of amides is 2. The third-order valence-corrected chi connectivity index (χ3v) is 4.59. The van der Waals surface area contributed by atoms with Crippen molar-refractivity contribution < 1.29 is 14.3 Å². The van der Waals surface area contributed by atoms with Crippen LogP contribution < -0.4 is 15.4 Å². The standard InChI is InChI=1S/C22H26N2O3/c1-4-15-5-7-16(8-6-15)23-21(25)19-13-20(19)22(26)24-17-9-11-18(12-10-17)27-14(2)3/h5-12,14,19-20H,4,13H2,1-3H3,(H,23,25)(H,24,26). The Labute approximate surface area is 160 Å². The van der Waals surface area contributed by atoms with E-state index in [0.717, 1.165) is 17.9 Å². The Kier molecular flexibility index (Phi) is 5.79. The van der Waals surface area contributed by atoms with Crippen LogP contribution in [0.5, 0.6) is 5.75 Å². The van der Waals surface area contributed by atoms with E-state index in [0.29, 0.717) is 12.1 Å². The van der Waals surface area contributed by atoms with Gasteiger partial charge in [-0.1, -0.05) is 19.1 Å². The van der Waals surface area contributed by atoms with Crippen molar-refractivity contribution >= 4 is 23.2 Å². The Hall–Kier alpha value is -2.82. The number of nitrogens with one attached hydrogen (secondary N) is 2. The fourth-order valence-corrected chi connectivity index (χ4v) is 2.96. The van der Waals surface area contributed by atoms with Gasteiger partial charge in [0.15, 0.2) is 0 Å². The fraction of sp³-hybridized carbons (Fsp3) is 0.364. The maximum Gasteiger partial charge on any atom is 0.228 e. The smallest absolute Gasteiger partial charge is 0.228 e. The highest BCUT2D eigenvalue weighted by atomic mass is 16.5. The van der Waals surface area contributed by atoms with Gasteiger partial charge in [0, 0.05) is 11.4 Å². The average molecular weight is 366 g/mol. The molecule has 0 aromatic heterocycles. The number of rotatable bonds is 7. The van der Waals surface area contributed by atoms with Crippen molar-refractivity contribution in [1.82, 2.24) is 0 Å². The summed E-state index contributed by atoms with van der Waals surface area (Å²) in [6.45, 7) is 6.02. The maximum atomic E-state index is 12.4. The largest absolute Gasteiger partial charge is 0.491 e. The second kappa shape index (κ2) is 8.25. The molecule has 3 rings (SSSR count). The summed E-state index contributed by atoms with van der Waals surface area (Å²) in [6, 6.07) is 15.1. The first-order chi connectivity index (χ1) is 13.0. The number of anilines is 2. The molecule has 1 aliphatic rings. The van der Waals surface area contributed by atoms with Crippen LogP contribution in [0, 0.1) is 11.8 Å². The summed E-state index contributed by atoms with van der Waals surface area (Å²) in [6.07, 6.45) is 1.65. The van der Waals surface area contributed by atoms with Crippen molar-refractivity contribution in [3.63, 3.8) is 0 Å². The minimum absolute atomic E-state index is 0.0971. The zero-order valence-corrected chi connectivity index (χ0v) is 16.0. The quantitative estimate of drug-likeness (QED) is 0.770. The molecular weight excluding hydrogens is 340 g/mol. The molecule has 27 heavy (non-hydrogen) atoms. The molecule has 2 unspecified atom stereocenters. The van der Waals surface area contributed by atoms with Gasteiger partial charge in [-0.3, -0.25) is 9.59 Å². The van der Waals surface area contributed by atoms with Crippen molar-refractivity contribution in [1.29, 1.82) is 0 Å². The van der Waals surface area contributed by atoms with E-state index in [1.807, 2.05) is 62.4 Å². The molecule has 2 aromatic carbocycles. The van der Waals surface area contributed by atoms with Gasteiger partial charge in [-0.05, 0) is 68.7 Å². The molecule has 142 valence electrons. The molecule has 1 aliphatic carbocycles. The number of ether oxygens (including phenoxy) is 1. The first kappa shape index (κ1) is 19.0. The lowest BCUT2D eigenvalue weighted by atomic mass is 10.1. The lowest BCUT2D eigenvalue weighted by Gasteiger charge is -2.10. The molecule has 2 N–H and O–H groups in total. The van der Waals surface area contributed by atoms with E-state index in [-0.39, 0.29) is 29.8 Å². The predicted molar refractivity (Wildman–Crippen MR) is 107 cm³/mol. The monoisotopic (exact) mass is 366 g/mol. The van der Waals surface area contributed by atoms with Crippen molar-refractivity contribution in [3.05, 3.63) is 54.1 Å². The second-order valence-electron chi connectivity index (χ2n) is 7.17. The van der Waals surface area contributed by atoms with E-state index in [2.05, 4.69) is 17.6 Å². The minimum Gasteiger partial charge on any atom is -0.491 e. The van der Waals surface area contributed by atoms with Crippen LogP contribution >= 0.6 is 0 Å². The predicted octanol–water partition coefficient (Wildman–Crippen LogP) is 4.25. The maximum absolute atomic E-state index is 12.4. The highest BCUT2D eigenvalue weighted by Gasteiger charge is 2.48. The van der Waals surface area contributed by atoms with Crippen LogP contribution in [-0.2, 0) is 16.0 Å². The number of hydrogen-bond acceptors (Lipinski definition) is 3. The first-order valence-electron chi connectivity index (χ1n) is 9.43. The molecular formula is C22H26N2O3. The second-order valence-corrected chi connectivity index (χ2v) is 7.17. The van der Waals surface area contributed by atoms with Crippen LogP contribution in [0.25, 0.3) is 0 Å². The Bertz CT molecular complexity index is 797. The van der Waals surface area contributed by atoms with Gasteiger partial charge in [-0.2, -0.15) is 0 Å². The lowest BCUT2D eigenvalue weighted by molar-refractivity contribution is -0.122. The minimum atomic E-state index is -0.272. The van der Waals surface area contributed by atoms with Gasteiger partial charge in [-0.25, -0.2) is 0 Å². The normalized spacial score (nSPS) is 18.1. The van der Waals surface area contributed by atoms with Crippen LogP contribution in [0.3, 0.4) is 0 Å². The molecule has 1 fully saturated rings. The summed E-state index contributed by atoms with van der Waals surface area (Å²) in [5.74, 6) is 0.0146. The lowest BCUT2D eigenvalue weighted by Crippen LogP contribution is -2.20. The van der Waals surface area contributed by atoms with Crippen LogP contribution in [-0.4, -0.2) is 17.9 Å². The van der Waals surface area contributed by atoms with E-state index < -0.39 is 0 Å². The molecule has 0 heterocycles. The van der Waals surface area contributed by atoms with Gasteiger partial charge in [0.1, 0.15) is 5.75 Å². The van der Waals surface area contributed by atoms with Gasteiger partial charge in [-0.15, -0.1) is 0 Å². The summed E-state index contributed by atoms with van der Waals surface area (Å²) < 4.78 is 5.59. The molecule has 2 amide bonds. The third-order valence-electron chi connectivity index (χ3n) is 4.59. The van der Waals surface area contributed by atoms with Crippen LogP contribution in [0.15, 0.2) is 48.5 Å². The number of benzene rings is 2. The summed E-state index contributed by atoms with van der Waals surface area (Å²) in [4.78, 5) is 24.7. The van der Waals surface area contributed by atoms with Gasteiger partial charge in [0.25, 0.3) is 0 Å². The number of carbonyl (C=O) groups excluding carboxylic acids is 2.